The van der Waals surface area contributed by atoms with Gasteiger partial charge in [-0.3, -0.25) is 14.4 Å². The highest BCUT2D eigenvalue weighted by molar-refractivity contribution is 5.91. The maximum absolute atomic E-state index is 12.8. The number of ketones is 2. The van der Waals surface area contributed by atoms with Crippen LogP contribution in [0.3, 0.4) is 0 Å². The van der Waals surface area contributed by atoms with Crippen LogP contribution in [0.25, 0.3) is 0 Å². The average Bonchev–Trinajstić information content (AvgIpc) is 3.05. The summed E-state index contributed by atoms with van der Waals surface area (Å²) in [6.45, 7) is 6.00. The first-order valence-corrected chi connectivity index (χ1v) is 11.1. The average molecular weight is 405 g/mol. The lowest BCUT2D eigenvalue weighted by molar-refractivity contribution is -0.149. The van der Waals surface area contributed by atoms with E-state index in [-0.39, 0.29) is 35.1 Å². The highest BCUT2D eigenvalue weighted by Crippen LogP contribution is 2.66. The minimum Gasteiger partial charge on any atom is -0.458 e. The van der Waals surface area contributed by atoms with E-state index in [9.17, 15) is 14.4 Å². The van der Waals surface area contributed by atoms with Crippen molar-refractivity contribution in [2.24, 2.45) is 34.5 Å². The van der Waals surface area contributed by atoms with Gasteiger partial charge in [-0.25, -0.2) is 0 Å². The zero-order valence-corrected chi connectivity index (χ0v) is 18.3. The Bertz CT molecular complexity index is 710. The van der Waals surface area contributed by atoms with Gasteiger partial charge in [0.1, 0.15) is 6.61 Å². The van der Waals surface area contributed by atoms with E-state index in [2.05, 4.69) is 13.8 Å². The topological polar surface area (TPSA) is 80.7 Å². The second kappa shape index (κ2) is 8.33. The molecule has 0 aromatic carbocycles. The minimum atomic E-state index is -0.377. The summed E-state index contributed by atoms with van der Waals surface area (Å²) < 4.78 is 5.02. The summed E-state index contributed by atoms with van der Waals surface area (Å²) in [7, 11) is 1.00. The summed E-state index contributed by atoms with van der Waals surface area (Å²) in [5, 5.41) is 7.00. The molecule has 4 aliphatic rings. The standard InChI is InChI=1S/C23H32O4.CH4O/c1-14(24)27-13-21(26)20-7-6-18-17-5-4-15-12-16(25)8-10-22(15,2)19(17)9-11-23(18,20)3;1-2/h12,17-20H,4-11,13H2,1-3H3;2H,1H3. The van der Waals surface area contributed by atoms with Crippen molar-refractivity contribution in [2.45, 2.75) is 72.1 Å². The first-order chi connectivity index (χ1) is 13.8. The molecule has 5 nitrogen and oxygen atoms in total. The SMILES string of the molecule is CC(=O)OCC(=O)C1CCC2C3CCC4=CC(=O)CCC4(C)C3CCC12C.CO. The van der Waals surface area contributed by atoms with Crippen molar-refractivity contribution in [3.63, 3.8) is 0 Å². The normalized spacial score (nSPS) is 40.4. The van der Waals surface area contributed by atoms with E-state index in [0.29, 0.717) is 30.0 Å². The van der Waals surface area contributed by atoms with Gasteiger partial charge in [0.05, 0.1) is 0 Å². The Kier molecular flexibility index (Phi) is 6.38. The Morgan fingerprint density at radius 3 is 2.48 bits per heavy atom. The quantitative estimate of drug-likeness (QED) is 0.722. The van der Waals surface area contributed by atoms with Crippen LogP contribution in [-0.2, 0) is 19.1 Å². The molecule has 0 saturated heterocycles. The molecule has 3 fully saturated rings. The molecule has 29 heavy (non-hydrogen) atoms. The molecule has 0 spiro atoms. The van der Waals surface area contributed by atoms with Crippen LogP contribution in [0, 0.1) is 34.5 Å². The highest BCUT2D eigenvalue weighted by Gasteiger charge is 2.60. The summed E-state index contributed by atoms with van der Waals surface area (Å²) in [5.41, 5.74) is 1.61. The van der Waals surface area contributed by atoms with E-state index >= 15 is 0 Å². The van der Waals surface area contributed by atoms with Crippen molar-refractivity contribution in [3.05, 3.63) is 11.6 Å². The Labute approximate surface area is 174 Å². The Morgan fingerprint density at radius 2 is 1.79 bits per heavy atom. The van der Waals surface area contributed by atoms with E-state index in [1.54, 1.807) is 0 Å². The molecular formula is C24H36O5. The van der Waals surface area contributed by atoms with E-state index in [4.69, 9.17) is 9.84 Å². The third-order valence-electron chi connectivity index (χ3n) is 8.77. The van der Waals surface area contributed by atoms with Crippen LogP contribution in [0.15, 0.2) is 11.6 Å². The molecule has 1 N–H and O–H groups in total. The molecule has 0 aromatic heterocycles. The monoisotopic (exact) mass is 404 g/mol. The Morgan fingerprint density at radius 1 is 1.07 bits per heavy atom. The minimum absolute atomic E-state index is 0.0282. The van der Waals surface area contributed by atoms with E-state index < -0.39 is 0 Å². The van der Waals surface area contributed by atoms with Crippen LogP contribution < -0.4 is 0 Å². The van der Waals surface area contributed by atoms with Crippen LogP contribution in [0.4, 0.5) is 0 Å². The van der Waals surface area contributed by atoms with Gasteiger partial charge in [0.15, 0.2) is 11.6 Å². The summed E-state index contributed by atoms with van der Waals surface area (Å²) in [6, 6.07) is 0. The van der Waals surface area contributed by atoms with Crippen LogP contribution in [-0.4, -0.2) is 36.4 Å². The van der Waals surface area contributed by atoms with Gasteiger partial charge < -0.3 is 9.84 Å². The van der Waals surface area contributed by atoms with E-state index in [1.165, 1.54) is 12.5 Å². The fourth-order valence-corrected chi connectivity index (χ4v) is 7.36. The van der Waals surface area contributed by atoms with Crippen molar-refractivity contribution in [3.8, 4) is 0 Å². The summed E-state index contributed by atoms with van der Waals surface area (Å²) >= 11 is 0. The number of hydrogen-bond acceptors (Lipinski definition) is 5. The smallest absolute Gasteiger partial charge is 0.303 e. The largest absolute Gasteiger partial charge is 0.458 e. The lowest BCUT2D eigenvalue weighted by Crippen LogP contribution is -2.51. The molecule has 3 saturated carbocycles. The molecule has 0 amide bonds. The zero-order valence-electron chi connectivity index (χ0n) is 18.3. The number of aliphatic hydroxyl groups is 1. The molecular weight excluding hydrogens is 368 g/mol. The fourth-order valence-electron chi connectivity index (χ4n) is 7.36. The molecule has 6 atom stereocenters. The lowest BCUT2D eigenvalue weighted by atomic mass is 9.46. The predicted molar refractivity (Wildman–Crippen MR) is 110 cm³/mol. The summed E-state index contributed by atoms with van der Waals surface area (Å²) in [5.74, 6) is 1.95. The summed E-state index contributed by atoms with van der Waals surface area (Å²) in [6.07, 6.45) is 10.1. The maximum Gasteiger partial charge on any atom is 0.303 e. The zero-order chi connectivity index (χ0) is 21.4. The van der Waals surface area contributed by atoms with Crippen molar-refractivity contribution < 1.29 is 24.2 Å². The van der Waals surface area contributed by atoms with Gasteiger partial charge in [0.2, 0.25) is 0 Å². The Hall–Kier alpha value is -1.49. The number of aliphatic hydroxyl groups excluding tert-OH is 1. The molecule has 0 aliphatic heterocycles. The molecule has 5 heteroatoms. The fraction of sp³-hybridized carbons (Fsp3) is 0.792. The van der Waals surface area contributed by atoms with E-state index in [1.807, 2.05) is 6.08 Å². The van der Waals surface area contributed by atoms with Crippen LogP contribution >= 0.6 is 0 Å². The van der Waals surface area contributed by atoms with Crippen LogP contribution in [0.5, 0.6) is 0 Å². The van der Waals surface area contributed by atoms with Gasteiger partial charge in [0, 0.05) is 26.4 Å². The van der Waals surface area contributed by atoms with Crippen molar-refractivity contribution in [2.75, 3.05) is 13.7 Å². The maximum atomic E-state index is 12.8. The Balaban J connectivity index is 0.00000117. The molecule has 4 rings (SSSR count). The van der Waals surface area contributed by atoms with Crippen LogP contribution in [0.2, 0.25) is 0 Å². The summed E-state index contributed by atoms with van der Waals surface area (Å²) in [4.78, 5) is 35.8. The molecule has 4 aliphatic carbocycles. The third kappa shape index (κ3) is 3.71. The molecule has 0 radical (unpaired) electrons. The highest BCUT2D eigenvalue weighted by atomic mass is 16.5. The van der Waals surface area contributed by atoms with Crippen molar-refractivity contribution in [1.82, 2.24) is 0 Å². The lowest BCUT2D eigenvalue weighted by Gasteiger charge is -2.58. The number of Topliss-reactive ketones (excluding diaryl/α,β-unsaturated/α-hetero) is 1. The number of hydrogen-bond donors (Lipinski definition) is 1. The second-order valence-corrected chi connectivity index (χ2v) is 9.89. The van der Waals surface area contributed by atoms with Crippen LogP contribution in [0.1, 0.15) is 72.1 Å². The van der Waals surface area contributed by atoms with Gasteiger partial charge in [0.25, 0.3) is 0 Å². The number of fused-ring (bicyclic) bond motifs is 5. The van der Waals surface area contributed by atoms with Gasteiger partial charge in [-0.05, 0) is 79.6 Å². The van der Waals surface area contributed by atoms with Crippen molar-refractivity contribution in [1.29, 1.82) is 0 Å². The molecule has 0 heterocycles. The van der Waals surface area contributed by atoms with Gasteiger partial charge in [-0.2, -0.15) is 0 Å². The number of esters is 1. The van der Waals surface area contributed by atoms with Gasteiger partial charge in [-0.15, -0.1) is 0 Å². The van der Waals surface area contributed by atoms with Gasteiger partial charge >= 0.3 is 5.97 Å². The third-order valence-corrected chi connectivity index (χ3v) is 8.77. The number of ether oxygens (including phenoxy) is 1. The van der Waals surface area contributed by atoms with Gasteiger partial charge in [-0.1, -0.05) is 19.4 Å². The second-order valence-electron chi connectivity index (χ2n) is 9.89. The molecule has 0 bridgehead atoms. The first kappa shape index (κ1) is 22.2. The number of carbonyl (C=O) groups excluding carboxylic acids is 3. The van der Waals surface area contributed by atoms with E-state index in [0.717, 1.165) is 52.1 Å². The molecule has 0 aromatic rings. The van der Waals surface area contributed by atoms with Crippen molar-refractivity contribution >= 4 is 17.5 Å². The number of allylic oxidation sites excluding steroid dienone is 1. The molecule has 6 unspecified atom stereocenters. The number of rotatable bonds is 3. The predicted octanol–water partition coefficient (Wildman–Crippen LogP) is 3.88. The first-order valence-electron chi connectivity index (χ1n) is 11.1. The number of carbonyl (C=O) groups is 3. The molecule has 162 valence electrons.